The average molecular weight is 427 g/mol. The van der Waals surface area contributed by atoms with Crippen LogP contribution in [0.3, 0.4) is 0 Å². The molecule has 164 valence electrons. The van der Waals surface area contributed by atoms with Crippen LogP contribution in [-0.4, -0.2) is 11.6 Å². The molecule has 0 aliphatic heterocycles. The number of pyridine rings is 1. The molecule has 0 aliphatic rings. The summed E-state index contributed by atoms with van der Waals surface area (Å²) in [6, 6.07) is 12.0. The number of carbonyl (C=O) groups excluding carboxylic acids is 2. The second-order valence-electron chi connectivity index (χ2n) is 8.93. The van der Waals surface area contributed by atoms with E-state index in [9.17, 15) is 9.59 Å². The third-order valence-corrected chi connectivity index (χ3v) is 5.97. The summed E-state index contributed by atoms with van der Waals surface area (Å²) in [5, 5.41) is 0. The molecule has 1 heterocycles. The predicted molar refractivity (Wildman–Crippen MR) is 130 cm³/mol. The fourth-order valence-corrected chi connectivity index (χ4v) is 4.52. The Morgan fingerprint density at radius 3 is 1.75 bits per heavy atom. The Kier molecular flexibility index (Phi) is 6.88. The molecule has 0 spiro atoms. The minimum absolute atomic E-state index is 0.0512. The number of ketones is 2. The molecule has 0 atom stereocenters. The van der Waals surface area contributed by atoms with E-state index in [-0.39, 0.29) is 18.0 Å². The van der Waals surface area contributed by atoms with Crippen LogP contribution >= 0.6 is 0 Å². The molecule has 32 heavy (non-hydrogen) atoms. The van der Waals surface area contributed by atoms with E-state index in [0.29, 0.717) is 11.1 Å². The van der Waals surface area contributed by atoms with Crippen LogP contribution in [0.1, 0.15) is 54.9 Å². The van der Waals surface area contributed by atoms with E-state index in [0.717, 1.165) is 38.9 Å². The Balaban J connectivity index is 2.08. The number of hydrogen-bond donors (Lipinski definition) is 0. The maximum Gasteiger partial charge on any atom is 0.187 e. The first-order chi connectivity index (χ1) is 15.1. The molecule has 1 aromatic heterocycles. The van der Waals surface area contributed by atoms with Crippen LogP contribution < -0.4 is 4.57 Å². The highest BCUT2D eigenvalue weighted by Crippen LogP contribution is 2.24. The van der Waals surface area contributed by atoms with Crippen molar-refractivity contribution < 1.29 is 14.2 Å². The molecule has 0 N–H and O–H groups in total. The Hall–Kier alpha value is -3.33. The maximum atomic E-state index is 13.6. The molecule has 0 saturated heterocycles. The van der Waals surface area contributed by atoms with E-state index in [2.05, 4.69) is 19.1 Å². The van der Waals surface area contributed by atoms with Gasteiger partial charge in [0.15, 0.2) is 24.0 Å². The molecule has 0 aliphatic carbocycles. The first kappa shape index (κ1) is 23.3. The number of aryl methyl sites for hydroxylation is 7. The van der Waals surface area contributed by atoms with Crippen molar-refractivity contribution >= 4 is 17.1 Å². The number of benzene rings is 2. The van der Waals surface area contributed by atoms with Gasteiger partial charge < -0.3 is 0 Å². The van der Waals surface area contributed by atoms with Gasteiger partial charge in [-0.2, -0.15) is 0 Å². The number of carbonyl (C=O) groups is 2. The normalized spacial score (nSPS) is 11.5. The fourth-order valence-electron chi connectivity index (χ4n) is 4.52. The van der Waals surface area contributed by atoms with Crippen molar-refractivity contribution in [1.82, 2.24) is 0 Å². The van der Waals surface area contributed by atoms with Crippen molar-refractivity contribution in [1.29, 1.82) is 0 Å². The zero-order valence-electron chi connectivity index (χ0n) is 20.2. The van der Waals surface area contributed by atoms with Gasteiger partial charge in [-0.15, -0.1) is 0 Å². The Morgan fingerprint density at radius 2 is 1.25 bits per heavy atom. The molecule has 2 aromatic carbocycles. The lowest BCUT2D eigenvalue weighted by atomic mass is 9.90. The van der Waals surface area contributed by atoms with Crippen molar-refractivity contribution in [2.75, 3.05) is 0 Å². The topological polar surface area (TPSA) is 38.0 Å². The van der Waals surface area contributed by atoms with Gasteiger partial charge in [0.05, 0.1) is 0 Å². The Bertz CT molecular complexity index is 1180. The van der Waals surface area contributed by atoms with Gasteiger partial charge in [0.2, 0.25) is 0 Å². The quantitative estimate of drug-likeness (QED) is 0.299. The molecular formula is C29H32NO2+. The molecule has 0 amide bonds. The molecule has 0 unspecified atom stereocenters. The summed E-state index contributed by atoms with van der Waals surface area (Å²) < 4.78 is 1.91. The van der Waals surface area contributed by atoms with Crippen molar-refractivity contribution in [3.8, 4) is 0 Å². The number of allylic oxidation sites excluding steroid dienone is 2. The standard InChI is InChI=1S/C29H32NO2/c1-18-12-20(3)25(21(4)13-18)16-27(31)26(24-8-10-30(7)11-9-24)17-28(32)29-22(5)14-19(2)15-23(29)6/h8-15,17H,16H2,1-7H3/q+1/b26-17-. The highest BCUT2D eigenvalue weighted by Gasteiger charge is 2.20. The van der Waals surface area contributed by atoms with Gasteiger partial charge in [0.25, 0.3) is 0 Å². The Labute approximate surface area is 191 Å². The molecule has 3 nitrogen and oxygen atoms in total. The van der Waals surface area contributed by atoms with E-state index in [1.165, 1.54) is 11.6 Å². The van der Waals surface area contributed by atoms with Crippen LogP contribution in [0.4, 0.5) is 0 Å². The third kappa shape index (κ3) is 5.11. The maximum absolute atomic E-state index is 13.6. The lowest BCUT2D eigenvalue weighted by Gasteiger charge is -2.13. The van der Waals surface area contributed by atoms with Crippen molar-refractivity contribution in [3.63, 3.8) is 0 Å². The minimum atomic E-state index is -0.131. The van der Waals surface area contributed by atoms with Crippen molar-refractivity contribution in [2.24, 2.45) is 7.05 Å². The second-order valence-corrected chi connectivity index (χ2v) is 8.93. The van der Waals surface area contributed by atoms with Crippen LogP contribution in [0.2, 0.25) is 0 Å². The number of nitrogens with zero attached hydrogens (tertiary/aromatic N) is 1. The molecule has 0 bridgehead atoms. The molecule has 3 aromatic rings. The van der Waals surface area contributed by atoms with Gasteiger partial charge in [-0.1, -0.05) is 35.4 Å². The van der Waals surface area contributed by atoms with Gasteiger partial charge in [0, 0.05) is 29.7 Å². The average Bonchev–Trinajstić information content (AvgIpc) is 2.68. The summed E-state index contributed by atoms with van der Waals surface area (Å²) in [4.78, 5) is 26.9. The number of aromatic nitrogens is 1. The smallest absolute Gasteiger partial charge is 0.187 e. The number of hydrogen-bond acceptors (Lipinski definition) is 2. The molecule has 0 fully saturated rings. The number of rotatable bonds is 6. The van der Waals surface area contributed by atoms with Crippen LogP contribution in [-0.2, 0) is 18.3 Å². The second kappa shape index (κ2) is 9.44. The third-order valence-electron chi connectivity index (χ3n) is 5.97. The lowest BCUT2D eigenvalue weighted by Crippen LogP contribution is -2.26. The van der Waals surface area contributed by atoms with Crippen LogP contribution in [0, 0.1) is 41.5 Å². The van der Waals surface area contributed by atoms with E-state index in [4.69, 9.17) is 0 Å². The zero-order chi connectivity index (χ0) is 23.6. The van der Waals surface area contributed by atoms with Gasteiger partial charge in [0.1, 0.15) is 7.05 Å². The van der Waals surface area contributed by atoms with E-state index < -0.39 is 0 Å². The fraction of sp³-hybridized carbons (Fsp3) is 0.276. The van der Waals surface area contributed by atoms with Crippen LogP contribution in [0.25, 0.3) is 5.57 Å². The SMILES string of the molecule is Cc1cc(C)c(CC(=O)/C(=C\C(=O)c2c(C)cc(C)cc2C)c2cc[n+](C)cc2)c(C)c1. The van der Waals surface area contributed by atoms with Gasteiger partial charge in [-0.3, -0.25) is 9.59 Å². The van der Waals surface area contributed by atoms with Crippen LogP contribution in [0.5, 0.6) is 0 Å². The molecule has 0 saturated carbocycles. The Morgan fingerprint density at radius 1 is 0.781 bits per heavy atom. The van der Waals surface area contributed by atoms with Crippen molar-refractivity contribution in [3.05, 3.63) is 105 Å². The molecule has 0 radical (unpaired) electrons. The summed E-state index contributed by atoms with van der Waals surface area (Å²) >= 11 is 0. The highest BCUT2D eigenvalue weighted by atomic mass is 16.1. The van der Waals surface area contributed by atoms with Crippen molar-refractivity contribution in [2.45, 2.75) is 48.0 Å². The molecule has 3 rings (SSSR count). The summed E-state index contributed by atoms with van der Waals surface area (Å²) in [6.07, 6.45) is 5.59. The van der Waals surface area contributed by atoms with Gasteiger partial charge >= 0.3 is 0 Å². The molecule has 3 heteroatoms. The summed E-state index contributed by atoms with van der Waals surface area (Å²) in [5.41, 5.74) is 9.28. The zero-order valence-corrected chi connectivity index (χ0v) is 20.2. The largest absolute Gasteiger partial charge is 0.294 e. The first-order valence-electron chi connectivity index (χ1n) is 11.0. The van der Waals surface area contributed by atoms with E-state index in [1.54, 1.807) is 0 Å². The first-order valence-corrected chi connectivity index (χ1v) is 11.0. The summed E-state index contributed by atoms with van der Waals surface area (Å²) in [5.74, 6) is -0.182. The predicted octanol–water partition coefficient (Wildman–Crippen LogP) is 5.44. The summed E-state index contributed by atoms with van der Waals surface area (Å²) in [6.45, 7) is 12.1. The summed E-state index contributed by atoms with van der Waals surface area (Å²) in [7, 11) is 1.93. The lowest BCUT2D eigenvalue weighted by molar-refractivity contribution is -0.671. The minimum Gasteiger partial charge on any atom is -0.294 e. The monoisotopic (exact) mass is 426 g/mol. The molecular weight excluding hydrogens is 394 g/mol. The van der Waals surface area contributed by atoms with E-state index in [1.807, 2.05) is 82.9 Å². The number of Topliss-reactive ketones (excluding diaryl/α,β-unsaturated/α-hetero) is 1. The van der Waals surface area contributed by atoms with Gasteiger partial charge in [-0.05, 0) is 81.0 Å². The highest BCUT2D eigenvalue weighted by molar-refractivity contribution is 6.27. The van der Waals surface area contributed by atoms with Crippen LogP contribution in [0.15, 0.2) is 54.9 Å². The van der Waals surface area contributed by atoms with E-state index >= 15 is 0 Å². The van der Waals surface area contributed by atoms with Gasteiger partial charge in [-0.25, -0.2) is 4.57 Å².